The van der Waals surface area contributed by atoms with Crippen molar-refractivity contribution in [2.24, 2.45) is 0 Å². The van der Waals surface area contributed by atoms with E-state index in [0.717, 1.165) is 6.42 Å². The number of hydrogen-bond acceptors (Lipinski definition) is 3. The summed E-state index contributed by atoms with van der Waals surface area (Å²) in [4.78, 5) is 0. The smallest absolute Gasteiger partial charge is 0.220 e. The van der Waals surface area contributed by atoms with Crippen molar-refractivity contribution in [3.05, 3.63) is 59.2 Å². The standard InChI is InChI=1S/C18H18OS2/c1-18(2,19-17(20)21-3)16-10-6-9-14-13-8-5-4-7-12(13)11-15(14)16/h4-10H,11H2,1-3H3. The summed E-state index contributed by atoms with van der Waals surface area (Å²) < 4.78 is 6.58. The zero-order valence-electron chi connectivity index (χ0n) is 12.5. The molecular formula is C18H18OS2. The second-order valence-electron chi connectivity index (χ2n) is 5.73. The summed E-state index contributed by atoms with van der Waals surface area (Å²) in [5.74, 6) is 0. The number of thioether (sulfide) groups is 1. The molecule has 3 heteroatoms. The lowest BCUT2D eigenvalue weighted by molar-refractivity contribution is 0.104. The summed E-state index contributed by atoms with van der Waals surface area (Å²) >= 11 is 6.72. The van der Waals surface area contributed by atoms with Crippen LogP contribution in [0.25, 0.3) is 11.1 Å². The minimum absolute atomic E-state index is 0.409. The molecule has 0 bridgehead atoms. The van der Waals surface area contributed by atoms with Crippen molar-refractivity contribution in [1.82, 2.24) is 0 Å². The van der Waals surface area contributed by atoms with Gasteiger partial charge >= 0.3 is 0 Å². The minimum atomic E-state index is -0.409. The molecule has 0 atom stereocenters. The van der Waals surface area contributed by atoms with Crippen molar-refractivity contribution in [2.45, 2.75) is 25.9 Å². The summed E-state index contributed by atoms with van der Waals surface area (Å²) in [5, 5.41) is 0. The molecule has 0 radical (unpaired) electrons. The number of thiocarbonyl (C=S) groups is 1. The van der Waals surface area contributed by atoms with E-state index in [-0.39, 0.29) is 0 Å². The first kappa shape index (κ1) is 14.6. The number of fused-ring (bicyclic) bond motifs is 3. The van der Waals surface area contributed by atoms with Crippen molar-refractivity contribution < 1.29 is 4.74 Å². The van der Waals surface area contributed by atoms with Crippen LogP contribution in [-0.2, 0) is 16.8 Å². The molecule has 0 fully saturated rings. The second kappa shape index (κ2) is 5.47. The van der Waals surface area contributed by atoms with Crippen LogP contribution in [0.1, 0.15) is 30.5 Å². The van der Waals surface area contributed by atoms with E-state index in [2.05, 4.69) is 56.3 Å². The number of benzene rings is 2. The number of hydrogen-bond donors (Lipinski definition) is 0. The molecule has 1 aliphatic carbocycles. The maximum Gasteiger partial charge on any atom is 0.220 e. The number of ether oxygens (including phenoxy) is 1. The van der Waals surface area contributed by atoms with Gasteiger partial charge in [0.25, 0.3) is 0 Å². The molecule has 0 saturated carbocycles. The van der Waals surface area contributed by atoms with Gasteiger partial charge in [0, 0.05) is 0 Å². The monoisotopic (exact) mass is 314 g/mol. The predicted octanol–water partition coefficient (Wildman–Crippen LogP) is 5.16. The third-order valence-electron chi connectivity index (χ3n) is 4.00. The average Bonchev–Trinajstić information content (AvgIpc) is 2.85. The normalized spacial score (nSPS) is 12.7. The first-order valence-corrected chi connectivity index (χ1v) is 8.64. The molecule has 0 aliphatic heterocycles. The molecule has 0 aromatic heterocycles. The molecule has 1 nitrogen and oxygen atoms in total. The zero-order valence-corrected chi connectivity index (χ0v) is 14.1. The zero-order chi connectivity index (χ0) is 15.0. The Balaban J connectivity index is 2.06. The summed E-state index contributed by atoms with van der Waals surface area (Å²) in [6, 6.07) is 15.1. The second-order valence-corrected chi connectivity index (χ2v) is 7.14. The van der Waals surface area contributed by atoms with Gasteiger partial charge in [-0.05, 0) is 66.6 Å². The topological polar surface area (TPSA) is 9.23 Å². The first-order valence-electron chi connectivity index (χ1n) is 7.00. The quantitative estimate of drug-likeness (QED) is 0.605. The van der Waals surface area contributed by atoms with Crippen molar-refractivity contribution in [3.63, 3.8) is 0 Å². The summed E-state index contributed by atoms with van der Waals surface area (Å²) in [5.41, 5.74) is 6.25. The molecule has 0 heterocycles. The molecule has 2 aromatic rings. The van der Waals surface area contributed by atoms with Crippen LogP contribution in [0.3, 0.4) is 0 Å². The van der Waals surface area contributed by atoms with E-state index < -0.39 is 5.60 Å². The predicted molar refractivity (Wildman–Crippen MR) is 94.9 cm³/mol. The van der Waals surface area contributed by atoms with Crippen molar-refractivity contribution in [3.8, 4) is 11.1 Å². The van der Waals surface area contributed by atoms with Crippen LogP contribution >= 0.6 is 24.0 Å². The summed E-state index contributed by atoms with van der Waals surface area (Å²) in [6.07, 6.45) is 2.92. The Bertz CT molecular complexity index is 704. The largest absolute Gasteiger partial charge is 0.468 e. The van der Waals surface area contributed by atoms with Crippen LogP contribution in [0.4, 0.5) is 0 Å². The van der Waals surface area contributed by atoms with Gasteiger partial charge in [-0.1, -0.05) is 54.2 Å². The van der Waals surface area contributed by atoms with Crippen molar-refractivity contribution >= 4 is 28.4 Å². The van der Waals surface area contributed by atoms with Crippen LogP contribution in [0.15, 0.2) is 42.5 Å². The molecule has 0 spiro atoms. The highest BCUT2D eigenvalue weighted by atomic mass is 32.2. The lowest BCUT2D eigenvalue weighted by Crippen LogP contribution is -2.25. The average molecular weight is 314 g/mol. The van der Waals surface area contributed by atoms with E-state index in [9.17, 15) is 0 Å². The van der Waals surface area contributed by atoms with E-state index in [0.29, 0.717) is 4.38 Å². The molecule has 108 valence electrons. The molecule has 21 heavy (non-hydrogen) atoms. The van der Waals surface area contributed by atoms with Crippen molar-refractivity contribution in [2.75, 3.05) is 6.26 Å². The van der Waals surface area contributed by atoms with E-state index in [1.807, 2.05) is 6.26 Å². The highest BCUT2D eigenvalue weighted by molar-refractivity contribution is 8.22. The molecule has 0 N–H and O–H groups in total. The minimum Gasteiger partial charge on any atom is -0.468 e. The lowest BCUT2D eigenvalue weighted by Gasteiger charge is -2.28. The van der Waals surface area contributed by atoms with Gasteiger partial charge in [-0.2, -0.15) is 0 Å². The third kappa shape index (κ3) is 2.60. The Morgan fingerprint density at radius 3 is 2.57 bits per heavy atom. The van der Waals surface area contributed by atoms with Crippen LogP contribution in [0.2, 0.25) is 0 Å². The van der Waals surface area contributed by atoms with E-state index >= 15 is 0 Å². The Morgan fingerprint density at radius 1 is 1.10 bits per heavy atom. The van der Waals surface area contributed by atoms with Gasteiger partial charge in [0.2, 0.25) is 4.38 Å². The summed E-state index contributed by atoms with van der Waals surface area (Å²) in [7, 11) is 0. The van der Waals surface area contributed by atoms with Gasteiger partial charge in [-0.3, -0.25) is 0 Å². The van der Waals surface area contributed by atoms with Gasteiger partial charge < -0.3 is 4.74 Å². The van der Waals surface area contributed by atoms with E-state index in [4.69, 9.17) is 17.0 Å². The molecule has 0 saturated heterocycles. The molecule has 3 rings (SSSR count). The molecular weight excluding hydrogens is 296 g/mol. The van der Waals surface area contributed by atoms with Crippen LogP contribution in [0.5, 0.6) is 0 Å². The lowest BCUT2D eigenvalue weighted by atomic mass is 9.90. The maximum absolute atomic E-state index is 5.99. The molecule has 0 unspecified atom stereocenters. The first-order chi connectivity index (χ1) is 10.0. The molecule has 1 aliphatic rings. The Kier molecular flexibility index (Phi) is 3.80. The van der Waals surface area contributed by atoms with Crippen LogP contribution in [-0.4, -0.2) is 10.6 Å². The number of rotatable bonds is 2. The van der Waals surface area contributed by atoms with Crippen LogP contribution in [0, 0.1) is 0 Å². The SMILES string of the molecule is CSC(=S)OC(C)(C)c1cccc2c1Cc1ccccc1-2. The fourth-order valence-electron chi connectivity index (χ4n) is 3.03. The maximum atomic E-state index is 5.99. The van der Waals surface area contributed by atoms with Crippen molar-refractivity contribution in [1.29, 1.82) is 0 Å². The summed E-state index contributed by atoms with van der Waals surface area (Å²) in [6.45, 7) is 4.18. The Hall–Kier alpha value is -1.32. The van der Waals surface area contributed by atoms with E-state index in [1.54, 1.807) is 0 Å². The molecule has 0 amide bonds. The van der Waals surface area contributed by atoms with Crippen LogP contribution < -0.4 is 0 Å². The van der Waals surface area contributed by atoms with Gasteiger partial charge in [-0.25, -0.2) is 0 Å². The Morgan fingerprint density at radius 2 is 1.81 bits per heavy atom. The third-order valence-corrected chi connectivity index (χ3v) is 5.00. The van der Waals surface area contributed by atoms with Gasteiger partial charge in [0.1, 0.15) is 5.60 Å². The molecule has 2 aromatic carbocycles. The highest BCUT2D eigenvalue weighted by Crippen LogP contribution is 2.42. The highest BCUT2D eigenvalue weighted by Gasteiger charge is 2.30. The fourth-order valence-corrected chi connectivity index (χ4v) is 3.53. The van der Waals surface area contributed by atoms with Gasteiger partial charge in [0.15, 0.2) is 0 Å². The fraction of sp³-hybridized carbons (Fsp3) is 0.278. The Labute approximate surface area is 135 Å². The van der Waals surface area contributed by atoms with Gasteiger partial charge in [-0.15, -0.1) is 0 Å². The van der Waals surface area contributed by atoms with E-state index in [1.165, 1.54) is 39.6 Å². The van der Waals surface area contributed by atoms with Gasteiger partial charge in [0.05, 0.1) is 0 Å².